The third kappa shape index (κ3) is 5.91. The summed E-state index contributed by atoms with van der Waals surface area (Å²) in [7, 11) is 0. The lowest BCUT2D eigenvalue weighted by Gasteiger charge is -2.04. The molecule has 1 aromatic heterocycles. The minimum Gasteiger partial charge on any atom is -0.312 e. The molecule has 1 N–H and O–H groups in total. The zero-order valence-corrected chi connectivity index (χ0v) is 13.2. The Morgan fingerprint density at radius 1 is 1.16 bits per heavy atom. The first-order valence-corrected chi connectivity index (χ1v) is 7.13. The molecule has 0 saturated carbocycles. The Hall–Kier alpha value is -0.610. The fourth-order valence-corrected chi connectivity index (χ4v) is 2.07. The van der Waals surface area contributed by atoms with E-state index in [9.17, 15) is 4.39 Å². The van der Waals surface area contributed by atoms with Crippen molar-refractivity contribution < 1.29 is 4.39 Å². The van der Waals surface area contributed by atoms with Crippen LogP contribution in [-0.2, 0) is 13.1 Å². The smallest absolute Gasteiger partial charge is 0.216 e. The first kappa shape index (κ1) is 18.4. The highest BCUT2D eigenvalue weighted by Gasteiger charge is 2.12. The zero-order valence-electron chi connectivity index (χ0n) is 12.3. The Labute approximate surface area is 122 Å². The van der Waals surface area contributed by atoms with Crippen LogP contribution < -0.4 is 5.32 Å². The summed E-state index contributed by atoms with van der Waals surface area (Å²) in [5.41, 5.74) is 1.51. The summed E-state index contributed by atoms with van der Waals surface area (Å²) in [6.45, 7) is 8.12. The van der Waals surface area contributed by atoms with Gasteiger partial charge in [-0.1, -0.05) is 32.6 Å². The molecule has 0 fully saturated rings. The van der Waals surface area contributed by atoms with Gasteiger partial charge in [-0.25, -0.2) is 4.68 Å². The van der Waals surface area contributed by atoms with Crippen molar-refractivity contribution in [2.45, 2.75) is 66.0 Å². The van der Waals surface area contributed by atoms with E-state index in [0.717, 1.165) is 12.2 Å². The van der Waals surface area contributed by atoms with Crippen LogP contribution in [-0.4, -0.2) is 16.3 Å². The van der Waals surface area contributed by atoms with Gasteiger partial charge in [0, 0.05) is 18.7 Å². The number of hydrogen-bond acceptors (Lipinski definition) is 2. The number of nitrogens with one attached hydrogen (secondary N) is 1. The van der Waals surface area contributed by atoms with Crippen molar-refractivity contribution in [3.05, 3.63) is 17.2 Å². The zero-order chi connectivity index (χ0) is 13.4. The van der Waals surface area contributed by atoms with Gasteiger partial charge in [0.05, 0.1) is 5.69 Å². The van der Waals surface area contributed by atoms with Crippen molar-refractivity contribution in [3.63, 3.8) is 0 Å². The van der Waals surface area contributed by atoms with Crippen LogP contribution in [0.15, 0.2) is 0 Å². The molecule has 5 heteroatoms. The largest absolute Gasteiger partial charge is 0.312 e. The lowest BCUT2D eigenvalue weighted by atomic mass is 10.1. The molecule has 19 heavy (non-hydrogen) atoms. The Kier molecular flexibility index (Phi) is 9.88. The summed E-state index contributed by atoms with van der Waals surface area (Å²) in [5.74, 6) is -0.187. The van der Waals surface area contributed by atoms with Crippen molar-refractivity contribution in [1.29, 1.82) is 0 Å². The molecular formula is C14H27ClFN3. The highest BCUT2D eigenvalue weighted by molar-refractivity contribution is 5.85. The Balaban J connectivity index is 0.00000324. The van der Waals surface area contributed by atoms with E-state index in [1.807, 2.05) is 13.8 Å². The van der Waals surface area contributed by atoms with Crippen LogP contribution in [0.1, 0.15) is 57.2 Å². The van der Waals surface area contributed by atoms with E-state index in [2.05, 4.69) is 17.3 Å². The minimum absolute atomic E-state index is 0. The molecule has 0 aliphatic rings. The predicted octanol–water partition coefficient (Wildman–Crippen LogP) is 3.83. The van der Waals surface area contributed by atoms with Crippen molar-refractivity contribution in [2.75, 3.05) is 6.54 Å². The Bertz CT molecular complexity index is 353. The monoisotopic (exact) mass is 291 g/mol. The van der Waals surface area contributed by atoms with Crippen molar-refractivity contribution >= 4 is 12.4 Å². The number of unbranched alkanes of at least 4 members (excludes halogenated alkanes) is 4. The van der Waals surface area contributed by atoms with E-state index in [1.54, 1.807) is 0 Å². The summed E-state index contributed by atoms with van der Waals surface area (Å²) in [6, 6.07) is 0. The predicted molar refractivity (Wildman–Crippen MR) is 80.3 cm³/mol. The van der Waals surface area contributed by atoms with Crippen molar-refractivity contribution in [2.24, 2.45) is 0 Å². The molecule has 0 radical (unpaired) electrons. The van der Waals surface area contributed by atoms with Crippen molar-refractivity contribution in [3.8, 4) is 0 Å². The third-order valence-electron chi connectivity index (χ3n) is 3.24. The first-order valence-electron chi connectivity index (χ1n) is 7.13. The van der Waals surface area contributed by atoms with Gasteiger partial charge >= 0.3 is 0 Å². The van der Waals surface area contributed by atoms with Gasteiger partial charge in [0.1, 0.15) is 0 Å². The summed E-state index contributed by atoms with van der Waals surface area (Å²) in [4.78, 5) is 0. The fourth-order valence-electron chi connectivity index (χ4n) is 2.07. The summed E-state index contributed by atoms with van der Waals surface area (Å²) in [5, 5.41) is 7.47. The molecular weight excluding hydrogens is 265 g/mol. The van der Waals surface area contributed by atoms with Gasteiger partial charge in [0.15, 0.2) is 0 Å². The van der Waals surface area contributed by atoms with Crippen LogP contribution in [0.4, 0.5) is 4.39 Å². The quantitative estimate of drug-likeness (QED) is 0.701. The average Bonchev–Trinajstić information content (AvgIpc) is 2.64. The van der Waals surface area contributed by atoms with Gasteiger partial charge in [0.25, 0.3) is 0 Å². The van der Waals surface area contributed by atoms with Crippen molar-refractivity contribution in [1.82, 2.24) is 15.1 Å². The van der Waals surface area contributed by atoms with E-state index >= 15 is 0 Å². The topological polar surface area (TPSA) is 29.9 Å². The molecule has 1 heterocycles. The molecule has 0 atom stereocenters. The number of hydrogen-bond donors (Lipinski definition) is 1. The van der Waals surface area contributed by atoms with E-state index in [4.69, 9.17) is 0 Å². The van der Waals surface area contributed by atoms with E-state index in [0.29, 0.717) is 18.7 Å². The molecule has 112 valence electrons. The van der Waals surface area contributed by atoms with Gasteiger partial charge in [-0.15, -0.1) is 12.4 Å². The van der Waals surface area contributed by atoms with Crippen LogP contribution in [0.25, 0.3) is 0 Å². The van der Waals surface area contributed by atoms with Gasteiger partial charge in [-0.3, -0.25) is 0 Å². The molecule has 0 unspecified atom stereocenters. The number of aryl methyl sites for hydroxylation is 2. The molecule has 1 aromatic rings. The van der Waals surface area contributed by atoms with E-state index in [-0.39, 0.29) is 18.4 Å². The third-order valence-corrected chi connectivity index (χ3v) is 3.24. The second-order valence-electron chi connectivity index (χ2n) is 4.76. The normalized spacial score (nSPS) is 10.5. The van der Waals surface area contributed by atoms with Gasteiger partial charge in [0.2, 0.25) is 5.95 Å². The molecule has 0 aliphatic heterocycles. The molecule has 0 spiro atoms. The molecule has 0 bridgehead atoms. The Morgan fingerprint density at radius 2 is 1.84 bits per heavy atom. The maximum absolute atomic E-state index is 13.8. The highest BCUT2D eigenvalue weighted by Crippen LogP contribution is 2.11. The molecule has 0 saturated heterocycles. The number of halogens is 2. The first-order chi connectivity index (χ1) is 8.70. The molecule has 3 nitrogen and oxygen atoms in total. The van der Waals surface area contributed by atoms with Gasteiger partial charge in [-0.2, -0.15) is 9.49 Å². The van der Waals surface area contributed by atoms with Gasteiger partial charge in [-0.05, 0) is 26.8 Å². The molecule has 0 aromatic carbocycles. The summed E-state index contributed by atoms with van der Waals surface area (Å²) >= 11 is 0. The maximum atomic E-state index is 13.8. The van der Waals surface area contributed by atoms with Crippen LogP contribution in [0.5, 0.6) is 0 Å². The fraction of sp³-hybridized carbons (Fsp3) is 0.786. The number of aromatic nitrogens is 2. The molecule has 0 amide bonds. The molecule has 0 aliphatic carbocycles. The summed E-state index contributed by atoms with van der Waals surface area (Å²) in [6.07, 6.45) is 6.32. The van der Waals surface area contributed by atoms with Gasteiger partial charge < -0.3 is 5.32 Å². The van der Waals surface area contributed by atoms with E-state index in [1.165, 1.54) is 36.8 Å². The lowest BCUT2D eigenvalue weighted by molar-refractivity contribution is 0.459. The lowest BCUT2D eigenvalue weighted by Crippen LogP contribution is -2.16. The summed E-state index contributed by atoms with van der Waals surface area (Å²) < 4.78 is 15.3. The number of rotatable bonds is 9. The van der Waals surface area contributed by atoms with Crippen LogP contribution in [0, 0.1) is 12.9 Å². The van der Waals surface area contributed by atoms with E-state index < -0.39 is 0 Å². The molecule has 1 rings (SSSR count). The number of nitrogens with zero attached hydrogens (tertiary/aromatic N) is 2. The standard InChI is InChI=1S/C14H26FN3.ClH/c1-4-6-7-8-9-10-16-11-13-12(3)17-18(5-2)14(13)15;/h16H,4-11H2,1-3H3;1H. The second-order valence-corrected chi connectivity index (χ2v) is 4.76. The van der Waals surface area contributed by atoms with Crippen LogP contribution >= 0.6 is 12.4 Å². The average molecular weight is 292 g/mol. The second kappa shape index (κ2) is 10.2. The SMILES string of the molecule is CCCCCCCNCc1c(C)nn(CC)c1F.Cl. The minimum atomic E-state index is -0.187. The Morgan fingerprint density at radius 3 is 2.42 bits per heavy atom. The highest BCUT2D eigenvalue weighted by atomic mass is 35.5. The van der Waals surface area contributed by atoms with Crippen LogP contribution in [0.2, 0.25) is 0 Å². The van der Waals surface area contributed by atoms with Crippen LogP contribution in [0.3, 0.4) is 0 Å². The maximum Gasteiger partial charge on any atom is 0.216 e.